The highest BCUT2D eigenvalue weighted by Gasteiger charge is 1.99. The third kappa shape index (κ3) is 19.7. The van der Waals surface area contributed by atoms with Crippen molar-refractivity contribution in [3.05, 3.63) is 0 Å². The Morgan fingerprint density at radius 2 is 1.18 bits per heavy atom. The van der Waals surface area contributed by atoms with Crippen LogP contribution < -0.4 is 5.73 Å². The Morgan fingerprint density at radius 3 is 1.59 bits per heavy atom. The summed E-state index contributed by atoms with van der Waals surface area (Å²) >= 11 is 0. The molecule has 0 aromatic carbocycles. The van der Waals surface area contributed by atoms with Gasteiger partial charge in [-0.2, -0.15) is 0 Å². The van der Waals surface area contributed by atoms with Crippen LogP contribution in [-0.2, 0) is 9.53 Å². The van der Waals surface area contributed by atoms with Gasteiger partial charge in [0, 0.05) is 6.54 Å². The lowest BCUT2D eigenvalue weighted by molar-refractivity contribution is -0.143. The topological polar surface area (TPSA) is 52.3 Å². The first-order chi connectivity index (χ1) is 10.3. The van der Waals surface area contributed by atoms with Crippen LogP contribution in [0.1, 0.15) is 96.8 Å². The Kier molecular flexibility index (Phi) is 22.6. The highest BCUT2D eigenvalue weighted by atomic mass is 35.5. The van der Waals surface area contributed by atoms with Gasteiger partial charge in [-0.15, -0.1) is 12.4 Å². The quantitative estimate of drug-likeness (QED) is 0.304. The first kappa shape index (κ1) is 24.0. The minimum Gasteiger partial charge on any atom is -0.466 e. The molecule has 134 valence electrons. The molecule has 0 saturated carbocycles. The largest absolute Gasteiger partial charge is 0.466 e. The number of nitrogens with two attached hydrogens (primary N) is 1. The van der Waals surface area contributed by atoms with Gasteiger partial charge in [-0.3, -0.25) is 4.79 Å². The van der Waals surface area contributed by atoms with Crippen LogP contribution in [0.15, 0.2) is 0 Å². The molecule has 0 atom stereocenters. The fourth-order valence-corrected chi connectivity index (χ4v) is 2.50. The molecule has 0 fully saturated rings. The molecule has 4 heteroatoms. The van der Waals surface area contributed by atoms with Crippen LogP contribution in [-0.4, -0.2) is 19.1 Å². The smallest absolute Gasteiger partial charge is 0.307 e. The SMILES string of the molecule is CCCCCCCCCCCCCCCOC(=O)CCN.Cl. The summed E-state index contributed by atoms with van der Waals surface area (Å²) in [5.74, 6) is -0.156. The molecule has 0 radical (unpaired) electrons. The van der Waals surface area contributed by atoms with Crippen LogP contribution in [0.5, 0.6) is 0 Å². The van der Waals surface area contributed by atoms with Crippen LogP contribution in [0.4, 0.5) is 0 Å². The monoisotopic (exact) mass is 335 g/mol. The van der Waals surface area contributed by atoms with Gasteiger partial charge in [0.25, 0.3) is 0 Å². The van der Waals surface area contributed by atoms with Crippen molar-refractivity contribution in [3.8, 4) is 0 Å². The molecule has 0 aliphatic rings. The second-order valence-corrected chi connectivity index (χ2v) is 6.00. The third-order valence-corrected chi connectivity index (χ3v) is 3.86. The van der Waals surface area contributed by atoms with E-state index in [0.717, 1.165) is 6.42 Å². The number of hydrogen-bond donors (Lipinski definition) is 1. The second-order valence-electron chi connectivity index (χ2n) is 6.00. The fraction of sp³-hybridized carbons (Fsp3) is 0.944. The average molecular weight is 336 g/mol. The van der Waals surface area contributed by atoms with Gasteiger partial charge in [0.1, 0.15) is 0 Å². The second kappa shape index (κ2) is 20.7. The summed E-state index contributed by atoms with van der Waals surface area (Å²) in [5.41, 5.74) is 5.28. The lowest BCUT2D eigenvalue weighted by Gasteiger charge is -2.04. The van der Waals surface area contributed by atoms with E-state index in [4.69, 9.17) is 10.5 Å². The molecule has 0 aliphatic heterocycles. The molecule has 0 bridgehead atoms. The van der Waals surface area contributed by atoms with Gasteiger partial charge in [-0.1, -0.05) is 84.0 Å². The van der Waals surface area contributed by atoms with E-state index in [1.807, 2.05) is 0 Å². The van der Waals surface area contributed by atoms with Crippen LogP contribution in [0.25, 0.3) is 0 Å². The molecule has 0 rings (SSSR count). The molecule has 0 amide bonds. The van der Waals surface area contributed by atoms with E-state index in [-0.39, 0.29) is 18.4 Å². The Bertz CT molecular complexity index is 225. The molecule has 0 spiro atoms. The van der Waals surface area contributed by atoms with E-state index < -0.39 is 0 Å². The number of carbonyl (C=O) groups is 1. The van der Waals surface area contributed by atoms with Crippen LogP contribution in [0.2, 0.25) is 0 Å². The molecule has 22 heavy (non-hydrogen) atoms. The summed E-state index contributed by atoms with van der Waals surface area (Å²) in [6, 6.07) is 0. The minimum absolute atomic E-state index is 0. The van der Waals surface area contributed by atoms with Crippen LogP contribution in [0.3, 0.4) is 0 Å². The summed E-state index contributed by atoms with van der Waals surface area (Å²) < 4.78 is 5.06. The first-order valence-electron chi connectivity index (χ1n) is 9.17. The van der Waals surface area contributed by atoms with Gasteiger partial charge in [-0.25, -0.2) is 0 Å². The highest BCUT2D eigenvalue weighted by molar-refractivity contribution is 5.85. The van der Waals surface area contributed by atoms with Gasteiger partial charge in [0.15, 0.2) is 0 Å². The summed E-state index contributed by atoms with van der Waals surface area (Å²) in [6.45, 7) is 3.22. The lowest BCUT2D eigenvalue weighted by atomic mass is 10.0. The summed E-state index contributed by atoms with van der Waals surface area (Å²) in [6.07, 6.45) is 17.7. The van der Waals surface area contributed by atoms with E-state index in [1.165, 1.54) is 77.0 Å². The van der Waals surface area contributed by atoms with Crippen molar-refractivity contribution in [3.63, 3.8) is 0 Å². The Hall–Kier alpha value is -0.280. The average Bonchev–Trinajstić information content (AvgIpc) is 2.48. The zero-order chi connectivity index (χ0) is 15.6. The number of hydrogen-bond acceptors (Lipinski definition) is 3. The standard InChI is InChI=1S/C18H37NO2.ClH/c1-2-3-4-5-6-7-8-9-10-11-12-13-14-17-21-18(20)15-16-19;/h2-17,19H2,1H3;1H. The van der Waals surface area contributed by atoms with E-state index in [0.29, 0.717) is 19.6 Å². The number of rotatable bonds is 16. The maximum atomic E-state index is 11.1. The predicted octanol–water partition coefficient (Wildman–Crippen LogP) is 5.39. The van der Waals surface area contributed by atoms with Gasteiger partial charge < -0.3 is 10.5 Å². The summed E-state index contributed by atoms with van der Waals surface area (Å²) in [4.78, 5) is 11.1. The minimum atomic E-state index is -0.156. The molecule has 3 nitrogen and oxygen atoms in total. The van der Waals surface area contributed by atoms with Crippen molar-refractivity contribution in [1.82, 2.24) is 0 Å². The first-order valence-corrected chi connectivity index (χ1v) is 9.17. The zero-order valence-electron chi connectivity index (χ0n) is 14.6. The maximum Gasteiger partial charge on any atom is 0.307 e. The number of unbranched alkanes of at least 4 members (excludes halogenated alkanes) is 12. The fourth-order valence-electron chi connectivity index (χ4n) is 2.50. The molecule has 0 heterocycles. The Balaban J connectivity index is 0. The number of carbonyl (C=O) groups excluding carboxylic acids is 1. The van der Waals surface area contributed by atoms with Crippen molar-refractivity contribution < 1.29 is 9.53 Å². The Labute approximate surface area is 144 Å². The van der Waals surface area contributed by atoms with Crippen molar-refractivity contribution in [2.45, 2.75) is 96.8 Å². The molecule has 2 N–H and O–H groups in total. The van der Waals surface area contributed by atoms with E-state index in [2.05, 4.69) is 6.92 Å². The molecular formula is C18H38ClNO2. The molecular weight excluding hydrogens is 298 g/mol. The molecule has 0 aliphatic carbocycles. The Morgan fingerprint density at radius 1 is 0.773 bits per heavy atom. The van der Waals surface area contributed by atoms with E-state index >= 15 is 0 Å². The maximum absolute atomic E-state index is 11.1. The lowest BCUT2D eigenvalue weighted by Crippen LogP contribution is -2.11. The molecule has 0 unspecified atom stereocenters. The normalized spacial score (nSPS) is 10.3. The van der Waals surface area contributed by atoms with E-state index in [9.17, 15) is 4.79 Å². The van der Waals surface area contributed by atoms with Crippen LogP contribution >= 0.6 is 12.4 Å². The summed E-state index contributed by atoms with van der Waals surface area (Å²) in [7, 11) is 0. The highest BCUT2D eigenvalue weighted by Crippen LogP contribution is 2.12. The van der Waals surface area contributed by atoms with Gasteiger partial charge >= 0.3 is 5.97 Å². The van der Waals surface area contributed by atoms with Crippen LogP contribution in [0, 0.1) is 0 Å². The van der Waals surface area contributed by atoms with E-state index in [1.54, 1.807) is 0 Å². The number of ether oxygens (including phenoxy) is 1. The third-order valence-electron chi connectivity index (χ3n) is 3.86. The summed E-state index contributed by atoms with van der Waals surface area (Å²) in [5, 5.41) is 0. The number of halogens is 1. The molecule has 0 aromatic heterocycles. The van der Waals surface area contributed by atoms with Gasteiger partial charge in [0.05, 0.1) is 13.0 Å². The molecule has 0 aromatic rings. The van der Waals surface area contributed by atoms with Gasteiger partial charge in [-0.05, 0) is 6.42 Å². The number of esters is 1. The van der Waals surface area contributed by atoms with Crippen molar-refractivity contribution >= 4 is 18.4 Å². The van der Waals surface area contributed by atoms with Crippen molar-refractivity contribution in [2.75, 3.05) is 13.2 Å². The molecule has 0 saturated heterocycles. The van der Waals surface area contributed by atoms with Crippen molar-refractivity contribution in [2.24, 2.45) is 5.73 Å². The zero-order valence-corrected chi connectivity index (χ0v) is 15.4. The van der Waals surface area contributed by atoms with Crippen molar-refractivity contribution in [1.29, 1.82) is 0 Å². The predicted molar refractivity (Wildman–Crippen MR) is 97.6 cm³/mol. The van der Waals surface area contributed by atoms with Gasteiger partial charge in [0.2, 0.25) is 0 Å².